The highest BCUT2D eigenvalue weighted by Gasteiger charge is 2.22. The lowest BCUT2D eigenvalue weighted by molar-refractivity contribution is -0.137. The minimum absolute atomic E-state index is 0.0257. The number of carboxylic acid groups (broad SMARTS) is 1. The largest absolute Gasteiger partial charge is 0.481 e. The van der Waals surface area contributed by atoms with Crippen molar-refractivity contribution in [3.63, 3.8) is 0 Å². The molecule has 1 N–H and O–H groups in total. The normalized spacial score (nSPS) is 12.5. The highest BCUT2D eigenvalue weighted by molar-refractivity contribution is 5.68. The quantitative estimate of drug-likeness (QED) is 0.821. The standard InChI is InChI=1S/C19H29NO4/c1-14(20(5)18(23)24-19(2,3)4)13-16-11-9-15(10-12-16)7-6-8-17(21)22/h9-12,14H,6-8,13H2,1-5H3,(H,21,22). The Morgan fingerprint density at radius 2 is 1.71 bits per heavy atom. The first-order valence-electron chi connectivity index (χ1n) is 8.34. The highest BCUT2D eigenvalue weighted by atomic mass is 16.6. The Bertz CT molecular complexity index is 545. The smallest absolute Gasteiger partial charge is 0.410 e. The summed E-state index contributed by atoms with van der Waals surface area (Å²) in [6, 6.07) is 8.15. The SMILES string of the molecule is CC(Cc1ccc(CCCC(=O)O)cc1)N(C)C(=O)OC(C)(C)C. The average Bonchev–Trinajstić information content (AvgIpc) is 2.46. The zero-order valence-corrected chi connectivity index (χ0v) is 15.3. The molecule has 1 amide bonds. The van der Waals surface area contributed by atoms with E-state index in [4.69, 9.17) is 9.84 Å². The molecule has 134 valence electrons. The molecule has 1 aromatic rings. The van der Waals surface area contributed by atoms with Gasteiger partial charge in [0.15, 0.2) is 0 Å². The van der Waals surface area contributed by atoms with Crippen LogP contribution in [0.1, 0.15) is 51.7 Å². The number of nitrogens with zero attached hydrogens (tertiary/aromatic N) is 1. The number of carbonyl (C=O) groups excluding carboxylic acids is 1. The average molecular weight is 335 g/mol. The predicted octanol–water partition coefficient (Wildman–Crippen LogP) is 3.89. The van der Waals surface area contributed by atoms with E-state index in [0.29, 0.717) is 6.42 Å². The number of aryl methyl sites for hydroxylation is 1. The van der Waals surface area contributed by atoms with Crippen molar-refractivity contribution in [3.8, 4) is 0 Å². The van der Waals surface area contributed by atoms with Gasteiger partial charge in [0.1, 0.15) is 5.60 Å². The van der Waals surface area contributed by atoms with Crippen LogP contribution in [-0.2, 0) is 22.4 Å². The van der Waals surface area contributed by atoms with E-state index in [1.54, 1.807) is 11.9 Å². The second-order valence-corrected chi connectivity index (χ2v) is 7.21. The third-order valence-electron chi connectivity index (χ3n) is 3.75. The number of likely N-dealkylation sites (N-methyl/N-ethyl adjacent to an activating group) is 1. The van der Waals surface area contributed by atoms with Crippen LogP contribution in [0.2, 0.25) is 0 Å². The molecule has 0 fully saturated rings. The molecule has 1 rings (SSSR count). The summed E-state index contributed by atoms with van der Waals surface area (Å²) in [7, 11) is 1.75. The first-order valence-corrected chi connectivity index (χ1v) is 8.34. The lowest BCUT2D eigenvalue weighted by Gasteiger charge is -2.28. The van der Waals surface area contributed by atoms with Gasteiger partial charge in [0.25, 0.3) is 0 Å². The second-order valence-electron chi connectivity index (χ2n) is 7.21. The summed E-state index contributed by atoms with van der Waals surface area (Å²) in [4.78, 5) is 24.2. The van der Waals surface area contributed by atoms with Crippen molar-refractivity contribution < 1.29 is 19.4 Å². The third kappa shape index (κ3) is 7.49. The second kappa shape index (κ2) is 8.71. The highest BCUT2D eigenvalue weighted by Crippen LogP contribution is 2.14. The van der Waals surface area contributed by atoms with Gasteiger partial charge in [0.05, 0.1) is 0 Å². The van der Waals surface area contributed by atoms with E-state index in [1.165, 1.54) is 0 Å². The zero-order chi connectivity index (χ0) is 18.3. The first kappa shape index (κ1) is 20.0. The number of carbonyl (C=O) groups is 2. The Labute approximate surface area is 144 Å². The Morgan fingerprint density at radius 1 is 1.17 bits per heavy atom. The Balaban J connectivity index is 2.53. The molecule has 0 saturated heterocycles. The maximum absolute atomic E-state index is 12.1. The van der Waals surface area contributed by atoms with Crippen molar-refractivity contribution in [2.45, 2.75) is 65.0 Å². The Hall–Kier alpha value is -2.04. The third-order valence-corrected chi connectivity index (χ3v) is 3.75. The molecule has 0 bridgehead atoms. The van der Waals surface area contributed by atoms with E-state index in [2.05, 4.69) is 0 Å². The summed E-state index contributed by atoms with van der Waals surface area (Å²) < 4.78 is 5.38. The van der Waals surface area contributed by atoms with Crippen LogP contribution in [0.25, 0.3) is 0 Å². The summed E-state index contributed by atoms with van der Waals surface area (Å²) in [6.45, 7) is 7.55. The van der Waals surface area contributed by atoms with Crippen molar-refractivity contribution in [2.75, 3.05) is 7.05 Å². The van der Waals surface area contributed by atoms with Gasteiger partial charge in [0, 0.05) is 19.5 Å². The van der Waals surface area contributed by atoms with Gasteiger partial charge in [-0.25, -0.2) is 4.79 Å². The van der Waals surface area contributed by atoms with Crippen LogP contribution in [0.4, 0.5) is 4.79 Å². The number of hydrogen-bond acceptors (Lipinski definition) is 3. The van der Waals surface area contributed by atoms with Crippen LogP contribution >= 0.6 is 0 Å². The summed E-state index contributed by atoms with van der Waals surface area (Å²) in [6.07, 6.45) is 2.03. The van der Waals surface area contributed by atoms with E-state index >= 15 is 0 Å². The minimum atomic E-state index is -0.759. The molecule has 0 aromatic heterocycles. The van der Waals surface area contributed by atoms with E-state index in [1.807, 2.05) is 52.0 Å². The van der Waals surface area contributed by atoms with E-state index in [9.17, 15) is 9.59 Å². The maximum atomic E-state index is 12.1. The molecule has 1 atom stereocenters. The zero-order valence-electron chi connectivity index (χ0n) is 15.3. The number of hydrogen-bond donors (Lipinski definition) is 1. The predicted molar refractivity (Wildman–Crippen MR) is 94.2 cm³/mol. The van der Waals surface area contributed by atoms with Crippen LogP contribution in [0.15, 0.2) is 24.3 Å². The molecule has 0 heterocycles. The fourth-order valence-electron chi connectivity index (χ4n) is 2.28. The summed E-state index contributed by atoms with van der Waals surface area (Å²) >= 11 is 0. The van der Waals surface area contributed by atoms with Gasteiger partial charge in [0.2, 0.25) is 0 Å². The summed E-state index contributed by atoms with van der Waals surface area (Å²) in [5.41, 5.74) is 1.77. The van der Waals surface area contributed by atoms with Crippen LogP contribution in [-0.4, -0.2) is 40.8 Å². The molecule has 5 heteroatoms. The first-order chi connectivity index (χ1) is 11.1. The lowest BCUT2D eigenvalue weighted by Crippen LogP contribution is -2.40. The molecule has 1 aromatic carbocycles. The van der Waals surface area contributed by atoms with Crippen molar-refractivity contribution in [1.82, 2.24) is 4.90 Å². The van der Waals surface area contributed by atoms with E-state index in [0.717, 1.165) is 24.0 Å². The number of aliphatic carboxylic acids is 1. The number of carboxylic acids is 1. The molecule has 1 unspecified atom stereocenters. The van der Waals surface area contributed by atoms with Gasteiger partial charge in [-0.1, -0.05) is 24.3 Å². The summed E-state index contributed by atoms with van der Waals surface area (Å²) in [5, 5.41) is 8.66. The molecule has 0 spiro atoms. The molecular formula is C19H29NO4. The number of ether oxygens (including phenoxy) is 1. The molecule has 24 heavy (non-hydrogen) atoms. The molecule has 0 aliphatic carbocycles. The molecule has 0 aliphatic heterocycles. The van der Waals surface area contributed by atoms with Crippen molar-refractivity contribution >= 4 is 12.1 Å². The monoisotopic (exact) mass is 335 g/mol. The van der Waals surface area contributed by atoms with Crippen molar-refractivity contribution in [3.05, 3.63) is 35.4 Å². The number of rotatable bonds is 7. The van der Waals surface area contributed by atoms with Gasteiger partial charge in [-0.15, -0.1) is 0 Å². The molecule has 5 nitrogen and oxygen atoms in total. The van der Waals surface area contributed by atoms with Crippen LogP contribution in [0.5, 0.6) is 0 Å². The molecule has 0 aliphatic rings. The van der Waals surface area contributed by atoms with E-state index < -0.39 is 11.6 Å². The van der Waals surface area contributed by atoms with Crippen molar-refractivity contribution in [1.29, 1.82) is 0 Å². The van der Waals surface area contributed by atoms with E-state index in [-0.39, 0.29) is 18.6 Å². The van der Waals surface area contributed by atoms with Gasteiger partial charge in [-0.3, -0.25) is 4.79 Å². The van der Waals surface area contributed by atoms with Crippen LogP contribution < -0.4 is 0 Å². The topological polar surface area (TPSA) is 66.8 Å². The molecule has 0 saturated carbocycles. The van der Waals surface area contributed by atoms with Crippen LogP contribution in [0.3, 0.4) is 0 Å². The number of benzene rings is 1. The maximum Gasteiger partial charge on any atom is 0.410 e. The Kier molecular flexibility index (Phi) is 7.26. The minimum Gasteiger partial charge on any atom is -0.481 e. The van der Waals surface area contributed by atoms with Gasteiger partial charge >= 0.3 is 12.1 Å². The lowest BCUT2D eigenvalue weighted by atomic mass is 10.0. The summed E-state index contributed by atoms with van der Waals surface area (Å²) in [5.74, 6) is -0.759. The fourth-order valence-corrected chi connectivity index (χ4v) is 2.28. The van der Waals surface area contributed by atoms with Crippen LogP contribution in [0, 0.1) is 0 Å². The van der Waals surface area contributed by atoms with Gasteiger partial charge < -0.3 is 14.7 Å². The van der Waals surface area contributed by atoms with Gasteiger partial charge in [-0.05, 0) is 58.1 Å². The van der Waals surface area contributed by atoms with Gasteiger partial charge in [-0.2, -0.15) is 0 Å². The fraction of sp³-hybridized carbons (Fsp3) is 0.579. The molecule has 0 radical (unpaired) electrons. The van der Waals surface area contributed by atoms with Crippen molar-refractivity contribution in [2.24, 2.45) is 0 Å². The Morgan fingerprint density at radius 3 is 2.21 bits per heavy atom. The molecular weight excluding hydrogens is 306 g/mol. The number of amides is 1.